The number of aromatic hydroxyl groups is 1. The van der Waals surface area contributed by atoms with Crippen molar-refractivity contribution in [2.75, 3.05) is 37.7 Å². The number of likely N-dealkylation sites (tertiary alicyclic amines) is 1. The summed E-state index contributed by atoms with van der Waals surface area (Å²) in [4.78, 5) is 52.3. The lowest BCUT2D eigenvalue weighted by Crippen LogP contribution is -2.51. The lowest BCUT2D eigenvalue weighted by molar-refractivity contribution is -0.134. The molecule has 3 aliphatic rings. The number of amides is 3. The van der Waals surface area contributed by atoms with Gasteiger partial charge in [-0.25, -0.2) is 0 Å². The van der Waals surface area contributed by atoms with Gasteiger partial charge in [-0.1, -0.05) is 48.9 Å². The molecule has 12 nitrogen and oxygen atoms in total. The fourth-order valence-electron chi connectivity index (χ4n) is 9.83. The number of phenolic OH excluding ortho intramolecular Hbond substituents is 1. The van der Waals surface area contributed by atoms with E-state index in [0.29, 0.717) is 71.4 Å². The number of aromatic nitrogens is 2. The second-order valence-corrected chi connectivity index (χ2v) is 17.7. The number of benzene rings is 4. The van der Waals surface area contributed by atoms with E-state index >= 15 is 9.59 Å². The Morgan fingerprint density at radius 2 is 1.49 bits per heavy atom. The SMILES string of the molecule is Cc1c(N(C(=O)c2cc(-c3cc4c(cc3C(=O)N3Cc5ccccc5C[C@H]3CN3CCCCC3)CN(C(=O)COc3ccccc3)CC4)n(C)c2C)c2ccc(O)cc2)cc(C#N)n1C. The number of carbonyl (C=O) groups is 3. The Labute approximate surface area is 380 Å². The van der Waals surface area contributed by atoms with Crippen molar-refractivity contribution in [3.05, 3.63) is 154 Å². The normalized spacial score (nSPS) is 16.1. The summed E-state index contributed by atoms with van der Waals surface area (Å²) >= 11 is 0. The Balaban J connectivity index is 1.13. The number of nitrogens with zero attached hydrogens (tertiary/aromatic N) is 7. The molecule has 3 amide bonds. The molecule has 1 atom stereocenters. The molecule has 5 heterocycles. The highest BCUT2D eigenvalue weighted by atomic mass is 16.5. The van der Waals surface area contributed by atoms with Crippen LogP contribution in [0, 0.1) is 25.2 Å². The van der Waals surface area contributed by atoms with Crippen molar-refractivity contribution in [2.24, 2.45) is 14.1 Å². The molecule has 4 aromatic carbocycles. The molecule has 0 bridgehead atoms. The summed E-state index contributed by atoms with van der Waals surface area (Å²) in [6, 6.07) is 34.0. The van der Waals surface area contributed by atoms with E-state index < -0.39 is 0 Å². The van der Waals surface area contributed by atoms with Crippen molar-refractivity contribution in [3.8, 4) is 28.8 Å². The average molecular weight is 870 g/mol. The highest BCUT2D eigenvalue weighted by Crippen LogP contribution is 2.38. The molecule has 3 aliphatic heterocycles. The van der Waals surface area contributed by atoms with Crippen molar-refractivity contribution in [3.63, 3.8) is 0 Å². The smallest absolute Gasteiger partial charge is 0.264 e. The van der Waals surface area contributed by atoms with Crippen LogP contribution in [0.2, 0.25) is 0 Å². The van der Waals surface area contributed by atoms with Crippen LogP contribution in [-0.4, -0.2) is 85.5 Å². The van der Waals surface area contributed by atoms with Gasteiger partial charge in [-0.05, 0) is 136 Å². The minimum Gasteiger partial charge on any atom is -0.508 e. The maximum Gasteiger partial charge on any atom is 0.264 e. The van der Waals surface area contributed by atoms with E-state index in [1.165, 1.54) is 24.1 Å². The molecule has 0 unspecified atom stereocenters. The number of hydrogen-bond donors (Lipinski definition) is 1. The van der Waals surface area contributed by atoms with Gasteiger partial charge in [0, 0.05) is 80.2 Å². The second-order valence-electron chi connectivity index (χ2n) is 17.7. The quantitative estimate of drug-likeness (QED) is 0.147. The minimum atomic E-state index is -0.319. The summed E-state index contributed by atoms with van der Waals surface area (Å²) in [6.45, 7) is 7.81. The topological polar surface area (TPSA) is 127 Å². The number of rotatable bonds is 10. The molecule has 1 fully saturated rings. The Hall–Kier alpha value is -7.10. The standard InChI is InChI=1S/C53H55N7O5/c1-35-46(53(64)60(41-17-19-44(61)20-18-41)49-28-42(30-54)55(3)36(49)2)29-50(56(35)4)47-26-38-21-24-58(51(62)34-65-45-15-7-5-8-16-45)31-40(38)27-48(47)52(63)59-32-39-14-10-9-13-37(39)25-43(59)33-57-22-11-6-12-23-57/h5,7-10,13-20,26-29,43,61H,6,11-12,21-25,31-34H2,1-4H3/t43-/m0/s1. The Morgan fingerprint density at radius 1 is 0.769 bits per heavy atom. The van der Waals surface area contributed by atoms with Crippen LogP contribution >= 0.6 is 0 Å². The number of nitriles is 1. The first-order valence-electron chi connectivity index (χ1n) is 22.6. The van der Waals surface area contributed by atoms with E-state index in [1.807, 2.05) is 74.0 Å². The number of anilines is 2. The molecule has 0 aliphatic carbocycles. The zero-order chi connectivity index (χ0) is 45.4. The predicted octanol–water partition coefficient (Wildman–Crippen LogP) is 8.22. The van der Waals surface area contributed by atoms with Crippen molar-refractivity contribution >= 4 is 29.1 Å². The van der Waals surface area contributed by atoms with Crippen molar-refractivity contribution in [2.45, 2.75) is 65.1 Å². The number of phenols is 1. The van der Waals surface area contributed by atoms with Gasteiger partial charge in [0.25, 0.3) is 17.7 Å². The van der Waals surface area contributed by atoms with E-state index in [4.69, 9.17) is 4.74 Å². The molecule has 9 rings (SSSR count). The first-order chi connectivity index (χ1) is 31.5. The summed E-state index contributed by atoms with van der Waals surface area (Å²) < 4.78 is 9.60. The third-order valence-corrected chi connectivity index (χ3v) is 13.8. The number of hydrogen-bond acceptors (Lipinski definition) is 7. The zero-order valence-electron chi connectivity index (χ0n) is 37.6. The first kappa shape index (κ1) is 43.2. The Morgan fingerprint density at radius 3 is 2.22 bits per heavy atom. The van der Waals surface area contributed by atoms with Crippen LogP contribution in [0.25, 0.3) is 11.3 Å². The number of fused-ring (bicyclic) bond motifs is 2. The van der Waals surface area contributed by atoms with Gasteiger partial charge < -0.3 is 33.7 Å². The second kappa shape index (κ2) is 18.2. The van der Waals surface area contributed by atoms with Crippen LogP contribution in [0.4, 0.5) is 11.4 Å². The fraction of sp³-hybridized carbons (Fsp3) is 0.321. The zero-order valence-corrected chi connectivity index (χ0v) is 37.6. The number of piperidine rings is 1. The maximum absolute atomic E-state index is 15.6. The summed E-state index contributed by atoms with van der Waals surface area (Å²) in [5.74, 6) is 0.165. The van der Waals surface area contributed by atoms with Crippen LogP contribution in [0.5, 0.6) is 11.5 Å². The summed E-state index contributed by atoms with van der Waals surface area (Å²) in [7, 11) is 3.72. The molecule has 2 aromatic heterocycles. The highest BCUT2D eigenvalue weighted by Gasteiger charge is 2.36. The van der Waals surface area contributed by atoms with Gasteiger partial charge in [0.2, 0.25) is 0 Å². The fourth-order valence-corrected chi connectivity index (χ4v) is 9.83. The molecule has 0 spiro atoms. The van der Waals surface area contributed by atoms with E-state index in [-0.39, 0.29) is 36.1 Å². The molecule has 65 heavy (non-hydrogen) atoms. The Bertz CT molecular complexity index is 2810. The van der Waals surface area contributed by atoms with Crippen LogP contribution in [0.15, 0.2) is 103 Å². The number of ether oxygens (including phenoxy) is 1. The van der Waals surface area contributed by atoms with Gasteiger partial charge >= 0.3 is 0 Å². The molecule has 1 N–H and O–H groups in total. The summed E-state index contributed by atoms with van der Waals surface area (Å²) in [5, 5.41) is 20.2. The van der Waals surface area contributed by atoms with E-state index in [0.717, 1.165) is 66.8 Å². The van der Waals surface area contributed by atoms with Gasteiger partial charge in [-0.2, -0.15) is 5.26 Å². The molecule has 12 heteroatoms. The summed E-state index contributed by atoms with van der Waals surface area (Å²) in [6.07, 6.45) is 4.87. The van der Waals surface area contributed by atoms with Crippen LogP contribution < -0.4 is 9.64 Å². The Kier molecular flexibility index (Phi) is 12.1. The highest BCUT2D eigenvalue weighted by molar-refractivity contribution is 6.13. The van der Waals surface area contributed by atoms with Crippen molar-refractivity contribution in [1.29, 1.82) is 5.26 Å². The third kappa shape index (κ3) is 8.52. The largest absolute Gasteiger partial charge is 0.508 e. The monoisotopic (exact) mass is 869 g/mol. The summed E-state index contributed by atoms with van der Waals surface area (Å²) in [5.41, 5.74) is 9.65. The minimum absolute atomic E-state index is 0.0498. The van der Waals surface area contributed by atoms with E-state index in [1.54, 1.807) is 39.6 Å². The van der Waals surface area contributed by atoms with Crippen LogP contribution in [0.1, 0.15) is 79.3 Å². The molecular formula is C53H55N7O5. The van der Waals surface area contributed by atoms with Crippen LogP contribution in [-0.2, 0) is 44.8 Å². The average Bonchev–Trinajstić information content (AvgIpc) is 3.79. The molecule has 6 aromatic rings. The third-order valence-electron chi connectivity index (χ3n) is 13.8. The molecule has 0 saturated carbocycles. The molecule has 1 saturated heterocycles. The van der Waals surface area contributed by atoms with Crippen molar-refractivity contribution in [1.82, 2.24) is 23.8 Å². The van der Waals surface area contributed by atoms with Gasteiger partial charge in [0.15, 0.2) is 6.61 Å². The molecule has 0 radical (unpaired) electrons. The van der Waals surface area contributed by atoms with Crippen LogP contribution in [0.3, 0.4) is 0 Å². The molecular weight excluding hydrogens is 815 g/mol. The maximum atomic E-state index is 15.6. The van der Waals surface area contributed by atoms with Crippen molar-refractivity contribution < 1.29 is 24.2 Å². The van der Waals surface area contributed by atoms with Gasteiger partial charge in [-0.15, -0.1) is 0 Å². The van der Waals surface area contributed by atoms with Gasteiger partial charge in [-0.3, -0.25) is 19.3 Å². The lowest BCUT2D eigenvalue weighted by Gasteiger charge is -2.41. The van der Waals surface area contributed by atoms with E-state index in [2.05, 4.69) is 40.1 Å². The lowest BCUT2D eigenvalue weighted by atomic mass is 9.89. The number of para-hydroxylation sites is 1. The number of carbonyl (C=O) groups excluding carboxylic acids is 3. The van der Waals surface area contributed by atoms with E-state index in [9.17, 15) is 15.2 Å². The molecule has 332 valence electrons. The first-order valence-corrected chi connectivity index (χ1v) is 22.6. The van der Waals surface area contributed by atoms with Gasteiger partial charge in [0.1, 0.15) is 23.3 Å². The predicted molar refractivity (Wildman–Crippen MR) is 250 cm³/mol. The van der Waals surface area contributed by atoms with Gasteiger partial charge in [0.05, 0.1) is 11.3 Å².